The van der Waals surface area contributed by atoms with Crippen molar-refractivity contribution in [2.45, 2.75) is 0 Å². The monoisotopic (exact) mass is 509 g/mol. The largest absolute Gasteiger partial charge is 0.456 e. The van der Waals surface area contributed by atoms with E-state index in [-0.39, 0.29) is 0 Å². The molecule has 0 spiro atoms. The number of para-hydroxylation sites is 1. The second-order valence-corrected chi connectivity index (χ2v) is 10.5. The van der Waals surface area contributed by atoms with E-state index < -0.39 is 0 Å². The Kier molecular flexibility index (Phi) is 4.36. The lowest BCUT2D eigenvalue weighted by atomic mass is 9.95. The highest BCUT2D eigenvalue weighted by Crippen LogP contribution is 2.46. The van der Waals surface area contributed by atoms with E-state index >= 15 is 0 Å². The van der Waals surface area contributed by atoms with E-state index in [1.807, 2.05) is 6.07 Å². The summed E-state index contributed by atoms with van der Waals surface area (Å²) in [6.45, 7) is 0. The molecule has 0 aliphatic rings. The van der Waals surface area contributed by atoms with E-state index in [2.05, 4.69) is 138 Å². The van der Waals surface area contributed by atoms with Crippen LogP contribution in [0.1, 0.15) is 0 Å². The summed E-state index contributed by atoms with van der Waals surface area (Å²) in [6.07, 6.45) is 0. The third kappa shape index (κ3) is 2.88. The third-order valence-corrected chi connectivity index (χ3v) is 8.37. The number of nitrogens with zero attached hydrogens (tertiary/aromatic N) is 1. The van der Waals surface area contributed by atoms with Crippen molar-refractivity contribution in [1.29, 1.82) is 0 Å². The minimum absolute atomic E-state index is 0.920. The average molecular weight is 510 g/mol. The summed E-state index contributed by atoms with van der Waals surface area (Å²) in [7, 11) is 0. The zero-order valence-electron chi connectivity index (χ0n) is 21.6. The Hall–Kier alpha value is -5.34. The predicted molar refractivity (Wildman–Crippen MR) is 169 cm³/mol. The van der Waals surface area contributed by atoms with Crippen LogP contribution in [0.2, 0.25) is 0 Å². The summed E-state index contributed by atoms with van der Waals surface area (Å²) in [6, 6.07) is 49.9. The number of aromatic nitrogens is 1. The van der Waals surface area contributed by atoms with Crippen LogP contribution >= 0.6 is 0 Å². The first-order chi connectivity index (χ1) is 19.9. The fraction of sp³-hybridized carbons (Fsp3) is 0. The van der Waals surface area contributed by atoms with Gasteiger partial charge in [-0.05, 0) is 57.6 Å². The molecule has 186 valence electrons. The zero-order chi connectivity index (χ0) is 26.2. The molecule has 9 aromatic rings. The average Bonchev–Trinajstić information content (AvgIpc) is 3.58. The molecule has 0 saturated carbocycles. The highest BCUT2D eigenvalue weighted by Gasteiger charge is 2.22. The van der Waals surface area contributed by atoms with Gasteiger partial charge in [0.15, 0.2) is 0 Å². The SMILES string of the molecule is c1ccc(-c2ccc(-n3c4ccc5oc6ccccc6c5c4c4c5ccccc5c5ccccc5c43)cc2)cc1. The Labute approximate surface area is 230 Å². The van der Waals surface area contributed by atoms with Crippen LogP contribution in [0.4, 0.5) is 0 Å². The van der Waals surface area contributed by atoms with E-state index in [0.717, 1.165) is 22.2 Å². The van der Waals surface area contributed by atoms with Gasteiger partial charge in [-0.3, -0.25) is 0 Å². The molecule has 0 atom stereocenters. The predicted octanol–water partition coefficient (Wildman–Crippen LogP) is 10.7. The van der Waals surface area contributed by atoms with Crippen LogP contribution in [0.15, 0.2) is 144 Å². The van der Waals surface area contributed by atoms with Crippen LogP contribution in [-0.4, -0.2) is 4.57 Å². The molecule has 40 heavy (non-hydrogen) atoms. The molecule has 2 heteroatoms. The minimum atomic E-state index is 0.920. The molecule has 2 aromatic heterocycles. The molecule has 0 bridgehead atoms. The van der Waals surface area contributed by atoms with Crippen LogP contribution in [0.5, 0.6) is 0 Å². The maximum absolute atomic E-state index is 6.38. The van der Waals surface area contributed by atoms with Gasteiger partial charge in [-0.1, -0.05) is 109 Å². The Balaban J connectivity index is 1.51. The normalized spacial score (nSPS) is 12.0. The summed E-state index contributed by atoms with van der Waals surface area (Å²) in [5.41, 5.74) is 7.83. The highest BCUT2D eigenvalue weighted by molar-refractivity contribution is 6.37. The molecule has 0 fully saturated rings. The van der Waals surface area contributed by atoms with E-state index in [1.165, 1.54) is 59.9 Å². The number of benzene rings is 7. The van der Waals surface area contributed by atoms with Gasteiger partial charge in [-0.25, -0.2) is 0 Å². The lowest BCUT2D eigenvalue weighted by molar-refractivity contribution is 0.669. The van der Waals surface area contributed by atoms with Crippen LogP contribution in [-0.2, 0) is 0 Å². The van der Waals surface area contributed by atoms with Crippen LogP contribution in [0.3, 0.4) is 0 Å². The van der Waals surface area contributed by atoms with Gasteiger partial charge in [-0.15, -0.1) is 0 Å². The topological polar surface area (TPSA) is 18.1 Å². The van der Waals surface area contributed by atoms with Crippen molar-refractivity contribution in [3.05, 3.63) is 140 Å². The van der Waals surface area contributed by atoms with Crippen molar-refractivity contribution >= 4 is 65.3 Å². The number of hydrogen-bond acceptors (Lipinski definition) is 1. The van der Waals surface area contributed by atoms with Gasteiger partial charge in [0, 0.05) is 32.6 Å². The molecule has 0 radical (unpaired) electrons. The second kappa shape index (κ2) is 8.08. The van der Waals surface area contributed by atoms with Gasteiger partial charge in [0.25, 0.3) is 0 Å². The first-order valence-electron chi connectivity index (χ1n) is 13.7. The van der Waals surface area contributed by atoms with Crippen molar-refractivity contribution < 1.29 is 4.42 Å². The highest BCUT2D eigenvalue weighted by atomic mass is 16.3. The maximum atomic E-state index is 6.38. The van der Waals surface area contributed by atoms with Gasteiger partial charge in [-0.2, -0.15) is 0 Å². The van der Waals surface area contributed by atoms with Crippen LogP contribution in [0, 0.1) is 0 Å². The van der Waals surface area contributed by atoms with Crippen molar-refractivity contribution in [2.75, 3.05) is 0 Å². The Morgan fingerprint density at radius 1 is 0.375 bits per heavy atom. The van der Waals surface area contributed by atoms with Crippen molar-refractivity contribution in [2.24, 2.45) is 0 Å². The van der Waals surface area contributed by atoms with Gasteiger partial charge >= 0.3 is 0 Å². The first-order valence-corrected chi connectivity index (χ1v) is 13.7. The lowest BCUT2D eigenvalue weighted by Crippen LogP contribution is -1.95. The second-order valence-electron chi connectivity index (χ2n) is 10.5. The molecule has 9 rings (SSSR count). The molecule has 0 unspecified atom stereocenters. The number of rotatable bonds is 2. The molecule has 0 aliphatic heterocycles. The van der Waals surface area contributed by atoms with Crippen molar-refractivity contribution in [1.82, 2.24) is 4.57 Å². The zero-order valence-corrected chi connectivity index (χ0v) is 21.6. The molecule has 0 N–H and O–H groups in total. The number of fused-ring (bicyclic) bond motifs is 12. The molecule has 0 aliphatic carbocycles. The first kappa shape index (κ1) is 21.6. The maximum Gasteiger partial charge on any atom is 0.136 e. The fourth-order valence-electron chi connectivity index (χ4n) is 6.68. The Bertz CT molecular complexity index is 2410. The van der Waals surface area contributed by atoms with E-state index in [0.29, 0.717) is 0 Å². The molecule has 7 aromatic carbocycles. The van der Waals surface area contributed by atoms with Crippen LogP contribution in [0.25, 0.3) is 82.1 Å². The van der Waals surface area contributed by atoms with Crippen molar-refractivity contribution in [3.8, 4) is 16.8 Å². The Morgan fingerprint density at radius 2 is 0.975 bits per heavy atom. The molecular weight excluding hydrogens is 486 g/mol. The number of furan rings is 1. The van der Waals surface area contributed by atoms with E-state index in [1.54, 1.807) is 0 Å². The molecule has 2 heterocycles. The standard InChI is InChI=1S/C38H23NO/c1-2-10-24(11-3-1)25-18-20-26(21-19-25)39-32-22-23-34-35(31-16-8-9-17-33(31)40-34)37(32)36-29-14-6-4-12-27(29)28-13-5-7-15-30(28)38(36)39/h1-23H. The smallest absolute Gasteiger partial charge is 0.136 e. The van der Waals surface area contributed by atoms with Gasteiger partial charge in [0.1, 0.15) is 11.2 Å². The summed E-state index contributed by atoms with van der Waals surface area (Å²) in [4.78, 5) is 0. The lowest BCUT2D eigenvalue weighted by Gasteiger charge is -2.12. The van der Waals surface area contributed by atoms with E-state index in [9.17, 15) is 0 Å². The summed E-state index contributed by atoms with van der Waals surface area (Å²) in [5.74, 6) is 0. The molecule has 0 amide bonds. The van der Waals surface area contributed by atoms with Gasteiger partial charge in [0.05, 0.1) is 11.0 Å². The Morgan fingerprint density at radius 3 is 1.75 bits per heavy atom. The van der Waals surface area contributed by atoms with Crippen molar-refractivity contribution in [3.63, 3.8) is 0 Å². The summed E-state index contributed by atoms with van der Waals surface area (Å²) < 4.78 is 8.83. The molecule has 2 nitrogen and oxygen atoms in total. The fourth-order valence-corrected chi connectivity index (χ4v) is 6.68. The summed E-state index contributed by atoms with van der Waals surface area (Å²) in [5, 5.41) is 9.90. The van der Waals surface area contributed by atoms with Gasteiger partial charge in [0.2, 0.25) is 0 Å². The van der Waals surface area contributed by atoms with Crippen LogP contribution < -0.4 is 0 Å². The van der Waals surface area contributed by atoms with E-state index in [4.69, 9.17) is 4.42 Å². The molecule has 0 saturated heterocycles. The quantitative estimate of drug-likeness (QED) is 0.212. The number of hydrogen-bond donors (Lipinski definition) is 0. The van der Waals surface area contributed by atoms with Gasteiger partial charge < -0.3 is 8.98 Å². The summed E-state index contributed by atoms with van der Waals surface area (Å²) >= 11 is 0. The molecular formula is C38H23NO. The minimum Gasteiger partial charge on any atom is -0.456 e. The third-order valence-electron chi connectivity index (χ3n) is 8.37.